The molecular formula is C19H17ClN2O4. The maximum Gasteiger partial charge on any atom is 0.257 e. The lowest BCUT2D eigenvalue weighted by molar-refractivity contribution is 0.0941. The summed E-state index contributed by atoms with van der Waals surface area (Å²) in [5, 5.41) is 3.88. The Labute approximate surface area is 155 Å². The average molecular weight is 373 g/mol. The van der Waals surface area contributed by atoms with Gasteiger partial charge in [0.2, 0.25) is 5.91 Å². The molecule has 0 unspecified atom stereocenters. The van der Waals surface area contributed by atoms with Gasteiger partial charge in [-0.3, -0.25) is 14.2 Å². The fourth-order valence-corrected chi connectivity index (χ4v) is 2.91. The molecule has 0 aliphatic rings. The van der Waals surface area contributed by atoms with E-state index in [9.17, 15) is 9.59 Å². The number of benzene rings is 2. The first-order valence-electron chi connectivity index (χ1n) is 7.79. The first kappa shape index (κ1) is 17.8. The van der Waals surface area contributed by atoms with Crippen molar-refractivity contribution in [3.63, 3.8) is 0 Å². The summed E-state index contributed by atoms with van der Waals surface area (Å²) >= 11 is 6.07. The topological polar surface area (TPSA) is 69.6 Å². The third kappa shape index (κ3) is 3.23. The fraction of sp³-hybridized carbons (Fsp3) is 0.158. The quantitative estimate of drug-likeness (QED) is 0.744. The molecular weight excluding hydrogens is 356 g/mol. The number of aromatic nitrogens is 1. The Morgan fingerprint density at radius 2 is 1.85 bits per heavy atom. The van der Waals surface area contributed by atoms with Crippen molar-refractivity contribution in [3.8, 4) is 11.5 Å². The van der Waals surface area contributed by atoms with Crippen LogP contribution in [0.3, 0.4) is 0 Å². The highest BCUT2D eigenvalue weighted by Gasteiger charge is 2.18. The number of anilines is 1. The molecule has 134 valence electrons. The highest BCUT2D eigenvalue weighted by molar-refractivity contribution is 6.31. The van der Waals surface area contributed by atoms with Crippen LogP contribution in [0.15, 0.2) is 42.6 Å². The summed E-state index contributed by atoms with van der Waals surface area (Å²) < 4.78 is 11.9. The van der Waals surface area contributed by atoms with Crippen LogP contribution in [0.1, 0.15) is 22.1 Å². The van der Waals surface area contributed by atoms with Crippen molar-refractivity contribution in [2.24, 2.45) is 0 Å². The SMILES string of the molecule is COc1ccc(NC(=O)c2cn(C(C)=O)c3ccc(Cl)cc23)c(OC)c1. The molecule has 6 nitrogen and oxygen atoms in total. The van der Waals surface area contributed by atoms with Gasteiger partial charge in [0.05, 0.1) is 31.0 Å². The number of fused-ring (bicyclic) bond motifs is 1. The molecule has 0 saturated carbocycles. The summed E-state index contributed by atoms with van der Waals surface area (Å²) in [5.41, 5.74) is 1.45. The van der Waals surface area contributed by atoms with E-state index < -0.39 is 0 Å². The number of ether oxygens (including phenoxy) is 2. The van der Waals surface area contributed by atoms with Gasteiger partial charge in [0.25, 0.3) is 5.91 Å². The largest absolute Gasteiger partial charge is 0.497 e. The van der Waals surface area contributed by atoms with E-state index in [1.54, 1.807) is 43.5 Å². The Morgan fingerprint density at radius 3 is 2.50 bits per heavy atom. The van der Waals surface area contributed by atoms with E-state index in [2.05, 4.69) is 5.32 Å². The van der Waals surface area contributed by atoms with Crippen molar-refractivity contribution < 1.29 is 19.1 Å². The van der Waals surface area contributed by atoms with Gasteiger partial charge in [-0.05, 0) is 30.3 Å². The minimum atomic E-state index is -0.374. The number of hydrogen-bond acceptors (Lipinski definition) is 4. The molecule has 1 aromatic heterocycles. The number of carbonyl (C=O) groups excluding carboxylic acids is 2. The zero-order valence-corrected chi connectivity index (χ0v) is 15.3. The van der Waals surface area contributed by atoms with Gasteiger partial charge in [-0.25, -0.2) is 0 Å². The number of nitrogens with zero attached hydrogens (tertiary/aromatic N) is 1. The number of carbonyl (C=O) groups is 2. The first-order valence-corrected chi connectivity index (χ1v) is 8.17. The molecule has 0 radical (unpaired) electrons. The molecule has 0 aliphatic carbocycles. The molecule has 2 aromatic carbocycles. The van der Waals surface area contributed by atoms with E-state index in [0.717, 1.165) is 0 Å². The molecule has 1 N–H and O–H groups in total. The van der Waals surface area contributed by atoms with Gasteiger partial charge >= 0.3 is 0 Å². The third-order valence-electron chi connectivity index (χ3n) is 4.01. The standard InChI is InChI=1S/C19H17ClN2O4/c1-11(23)22-10-15(14-8-12(20)4-7-17(14)22)19(24)21-16-6-5-13(25-2)9-18(16)26-3/h4-10H,1-3H3,(H,21,24). The van der Waals surface area contributed by atoms with Crippen LogP contribution in [0.5, 0.6) is 11.5 Å². The highest BCUT2D eigenvalue weighted by atomic mass is 35.5. The number of hydrogen-bond donors (Lipinski definition) is 1. The third-order valence-corrected chi connectivity index (χ3v) is 4.24. The van der Waals surface area contributed by atoms with Crippen LogP contribution in [0.4, 0.5) is 5.69 Å². The molecule has 1 heterocycles. The molecule has 3 rings (SSSR count). The van der Waals surface area contributed by atoms with E-state index in [1.807, 2.05) is 0 Å². The molecule has 0 atom stereocenters. The molecule has 26 heavy (non-hydrogen) atoms. The lowest BCUT2D eigenvalue weighted by Gasteiger charge is -2.11. The Bertz CT molecular complexity index is 1010. The Balaban J connectivity index is 2.03. The van der Waals surface area contributed by atoms with Gasteiger partial charge in [-0.15, -0.1) is 0 Å². The molecule has 3 aromatic rings. The number of nitrogens with one attached hydrogen (secondary N) is 1. The van der Waals surface area contributed by atoms with E-state index >= 15 is 0 Å². The molecule has 1 amide bonds. The number of rotatable bonds is 4. The van der Waals surface area contributed by atoms with E-state index in [4.69, 9.17) is 21.1 Å². The molecule has 0 aliphatic heterocycles. The van der Waals surface area contributed by atoms with Crippen LogP contribution in [0.25, 0.3) is 10.9 Å². The fourth-order valence-electron chi connectivity index (χ4n) is 2.74. The second-order valence-corrected chi connectivity index (χ2v) is 6.05. The smallest absolute Gasteiger partial charge is 0.257 e. The monoisotopic (exact) mass is 372 g/mol. The zero-order chi connectivity index (χ0) is 18.8. The van der Waals surface area contributed by atoms with Crippen LogP contribution in [-0.2, 0) is 0 Å². The van der Waals surface area contributed by atoms with Crippen molar-refractivity contribution in [1.29, 1.82) is 0 Å². The van der Waals surface area contributed by atoms with E-state index in [0.29, 0.717) is 38.7 Å². The number of amides is 1. The van der Waals surface area contributed by atoms with Crippen molar-refractivity contribution in [2.75, 3.05) is 19.5 Å². The lowest BCUT2D eigenvalue weighted by atomic mass is 10.1. The predicted molar refractivity (Wildman–Crippen MR) is 101 cm³/mol. The minimum absolute atomic E-state index is 0.196. The summed E-state index contributed by atoms with van der Waals surface area (Å²) in [5.74, 6) is 0.505. The normalized spacial score (nSPS) is 10.6. The maximum absolute atomic E-state index is 12.8. The van der Waals surface area contributed by atoms with Crippen LogP contribution in [0, 0.1) is 0 Å². The molecule has 7 heteroatoms. The highest BCUT2D eigenvalue weighted by Crippen LogP contribution is 2.31. The van der Waals surface area contributed by atoms with Gasteiger partial charge in [0.15, 0.2) is 0 Å². The first-order chi connectivity index (χ1) is 12.4. The maximum atomic E-state index is 12.8. The summed E-state index contributed by atoms with van der Waals surface area (Å²) in [6.07, 6.45) is 1.51. The van der Waals surface area contributed by atoms with Crippen molar-refractivity contribution in [1.82, 2.24) is 4.57 Å². The Kier molecular flexibility index (Phi) is 4.86. The van der Waals surface area contributed by atoms with Gasteiger partial charge in [0.1, 0.15) is 11.5 Å². The number of methoxy groups -OCH3 is 2. The molecule has 0 bridgehead atoms. The summed E-state index contributed by atoms with van der Waals surface area (Å²) in [6.45, 7) is 1.43. The van der Waals surface area contributed by atoms with E-state index in [1.165, 1.54) is 24.8 Å². The minimum Gasteiger partial charge on any atom is -0.497 e. The second kappa shape index (κ2) is 7.09. The van der Waals surface area contributed by atoms with Crippen molar-refractivity contribution in [3.05, 3.63) is 53.2 Å². The van der Waals surface area contributed by atoms with Crippen LogP contribution >= 0.6 is 11.6 Å². The lowest BCUT2D eigenvalue weighted by Crippen LogP contribution is -2.12. The van der Waals surface area contributed by atoms with Crippen LogP contribution in [-0.4, -0.2) is 30.6 Å². The zero-order valence-electron chi connectivity index (χ0n) is 14.5. The molecule has 0 spiro atoms. The molecule has 0 fully saturated rings. The van der Waals surface area contributed by atoms with Gasteiger partial charge in [-0.1, -0.05) is 11.6 Å². The summed E-state index contributed by atoms with van der Waals surface area (Å²) in [6, 6.07) is 10.1. The Hall–Kier alpha value is -2.99. The number of halogens is 1. The van der Waals surface area contributed by atoms with Gasteiger partial charge in [-0.2, -0.15) is 0 Å². The Morgan fingerprint density at radius 1 is 1.08 bits per heavy atom. The van der Waals surface area contributed by atoms with E-state index in [-0.39, 0.29) is 11.8 Å². The van der Waals surface area contributed by atoms with Crippen LogP contribution in [0.2, 0.25) is 5.02 Å². The summed E-state index contributed by atoms with van der Waals surface area (Å²) in [4.78, 5) is 24.7. The van der Waals surface area contributed by atoms with Crippen LogP contribution < -0.4 is 14.8 Å². The molecule has 0 saturated heterocycles. The van der Waals surface area contributed by atoms with Gasteiger partial charge < -0.3 is 14.8 Å². The summed E-state index contributed by atoms with van der Waals surface area (Å²) in [7, 11) is 3.05. The average Bonchev–Trinajstić information content (AvgIpc) is 3.01. The second-order valence-electron chi connectivity index (χ2n) is 5.61. The van der Waals surface area contributed by atoms with Crippen molar-refractivity contribution in [2.45, 2.75) is 6.92 Å². The van der Waals surface area contributed by atoms with Crippen molar-refractivity contribution >= 4 is 40.0 Å². The predicted octanol–water partition coefficient (Wildman–Crippen LogP) is 4.22. The van der Waals surface area contributed by atoms with Gasteiger partial charge in [0, 0.05) is 29.6 Å².